The number of rotatable bonds is 6. The van der Waals surface area contributed by atoms with Crippen molar-refractivity contribution in [2.24, 2.45) is 23.7 Å². The largest absolute Gasteiger partial charge is 0.466 e. The molecule has 2 saturated carbocycles. The molecule has 0 N–H and O–H groups in total. The van der Waals surface area contributed by atoms with Gasteiger partial charge in [0.2, 0.25) is 0 Å². The Hall–Kier alpha value is -1.26. The van der Waals surface area contributed by atoms with Crippen LogP contribution in [0.3, 0.4) is 0 Å². The maximum Gasteiger partial charge on any atom is 0.410 e. The number of nitrogens with zero attached hydrogens (tertiary/aromatic N) is 1. The van der Waals surface area contributed by atoms with Gasteiger partial charge >= 0.3 is 12.1 Å². The lowest BCUT2D eigenvalue weighted by Gasteiger charge is -2.33. The van der Waals surface area contributed by atoms with Crippen LogP contribution >= 0.6 is 0 Å². The van der Waals surface area contributed by atoms with Crippen LogP contribution < -0.4 is 0 Å². The van der Waals surface area contributed by atoms with Crippen molar-refractivity contribution in [3.8, 4) is 0 Å². The average Bonchev–Trinajstić information content (AvgIpc) is 3.01. The molecule has 1 amide bonds. The van der Waals surface area contributed by atoms with Crippen LogP contribution in [0.15, 0.2) is 0 Å². The third-order valence-corrected chi connectivity index (χ3v) is 5.00. The van der Waals surface area contributed by atoms with Gasteiger partial charge in [-0.15, -0.1) is 0 Å². The van der Waals surface area contributed by atoms with Gasteiger partial charge in [-0.05, 0) is 64.7 Å². The fourth-order valence-corrected chi connectivity index (χ4v) is 3.90. The molecule has 5 heteroatoms. The molecule has 24 heavy (non-hydrogen) atoms. The van der Waals surface area contributed by atoms with Crippen molar-refractivity contribution in [1.82, 2.24) is 4.90 Å². The van der Waals surface area contributed by atoms with Crippen LogP contribution in [0, 0.1) is 23.7 Å². The Morgan fingerprint density at radius 2 is 1.88 bits per heavy atom. The van der Waals surface area contributed by atoms with E-state index in [2.05, 4.69) is 13.8 Å². The third-order valence-electron chi connectivity index (χ3n) is 5.00. The van der Waals surface area contributed by atoms with E-state index in [1.54, 1.807) is 0 Å². The zero-order chi connectivity index (χ0) is 18.1. The number of carbonyl (C=O) groups is 2. The molecule has 0 aromatic rings. The van der Waals surface area contributed by atoms with Gasteiger partial charge in [-0.1, -0.05) is 13.8 Å². The molecule has 2 aliphatic carbocycles. The van der Waals surface area contributed by atoms with Gasteiger partial charge in [-0.25, -0.2) is 4.79 Å². The van der Waals surface area contributed by atoms with Gasteiger partial charge in [-0.3, -0.25) is 4.79 Å². The summed E-state index contributed by atoms with van der Waals surface area (Å²) in [6.45, 7) is 12.9. The Balaban J connectivity index is 2.07. The first-order valence-electron chi connectivity index (χ1n) is 9.32. The molecule has 0 spiro atoms. The van der Waals surface area contributed by atoms with E-state index in [4.69, 9.17) is 9.47 Å². The molecule has 2 fully saturated rings. The lowest BCUT2D eigenvalue weighted by Crippen LogP contribution is -2.45. The van der Waals surface area contributed by atoms with E-state index in [9.17, 15) is 9.59 Å². The highest BCUT2D eigenvalue weighted by Gasteiger charge is 2.64. The number of fused-ring (bicyclic) bond motifs is 1. The number of esters is 1. The monoisotopic (exact) mass is 339 g/mol. The van der Waals surface area contributed by atoms with E-state index < -0.39 is 5.60 Å². The Morgan fingerprint density at radius 3 is 2.42 bits per heavy atom. The van der Waals surface area contributed by atoms with E-state index in [1.165, 1.54) is 0 Å². The van der Waals surface area contributed by atoms with Crippen LogP contribution in [-0.2, 0) is 14.3 Å². The van der Waals surface area contributed by atoms with Crippen molar-refractivity contribution in [2.75, 3.05) is 13.2 Å². The highest BCUT2D eigenvalue weighted by Crippen LogP contribution is 2.59. The average molecular weight is 339 g/mol. The lowest BCUT2D eigenvalue weighted by molar-refractivity contribution is -0.145. The molecule has 0 aromatic heterocycles. The smallest absolute Gasteiger partial charge is 0.410 e. The van der Waals surface area contributed by atoms with Gasteiger partial charge in [0.25, 0.3) is 0 Å². The summed E-state index contributed by atoms with van der Waals surface area (Å²) in [5, 5.41) is 0. The van der Waals surface area contributed by atoms with E-state index in [0.29, 0.717) is 25.0 Å². The van der Waals surface area contributed by atoms with Crippen molar-refractivity contribution < 1.29 is 19.1 Å². The fourth-order valence-electron chi connectivity index (χ4n) is 3.90. The maximum atomic E-state index is 12.7. The predicted octanol–water partition coefficient (Wildman–Crippen LogP) is 3.86. The maximum absolute atomic E-state index is 12.7. The molecule has 2 rings (SSSR count). The fraction of sp³-hybridized carbons (Fsp3) is 0.895. The van der Waals surface area contributed by atoms with Crippen LogP contribution in [0.2, 0.25) is 0 Å². The summed E-state index contributed by atoms with van der Waals surface area (Å²) in [5.74, 6) is 1.05. The second-order valence-corrected chi connectivity index (χ2v) is 8.52. The zero-order valence-corrected chi connectivity index (χ0v) is 16.0. The van der Waals surface area contributed by atoms with Gasteiger partial charge in [0.05, 0.1) is 12.5 Å². The predicted molar refractivity (Wildman–Crippen MR) is 92.5 cm³/mol. The van der Waals surface area contributed by atoms with Gasteiger partial charge in [0.1, 0.15) is 5.60 Å². The molecule has 5 nitrogen and oxygen atoms in total. The van der Waals surface area contributed by atoms with Crippen LogP contribution in [0.1, 0.15) is 60.8 Å². The first-order valence-corrected chi connectivity index (χ1v) is 9.32. The minimum Gasteiger partial charge on any atom is -0.466 e. The summed E-state index contributed by atoms with van der Waals surface area (Å²) in [5.41, 5.74) is -0.505. The van der Waals surface area contributed by atoms with Crippen molar-refractivity contribution in [1.29, 1.82) is 0 Å². The summed E-state index contributed by atoms with van der Waals surface area (Å²) < 4.78 is 10.8. The standard InChI is InChI=1S/C19H33NO4/c1-7-23-17(21)16-13-8-9-14(15(13)16)20(11-10-12(2)3)18(22)24-19(4,5)6/h12-16H,7-11H2,1-6H3/t13-,14-,15-,16+/m1/s1. The molecule has 0 aliphatic heterocycles. The van der Waals surface area contributed by atoms with Gasteiger partial charge in [0.15, 0.2) is 0 Å². The van der Waals surface area contributed by atoms with Gasteiger partial charge in [0, 0.05) is 12.6 Å². The van der Waals surface area contributed by atoms with Crippen LogP contribution in [0.5, 0.6) is 0 Å². The lowest BCUT2D eigenvalue weighted by atomic mass is 10.0. The van der Waals surface area contributed by atoms with Crippen molar-refractivity contribution >= 4 is 12.1 Å². The summed E-state index contributed by atoms with van der Waals surface area (Å²) in [7, 11) is 0. The van der Waals surface area contributed by atoms with Crippen molar-refractivity contribution in [3.05, 3.63) is 0 Å². The first-order chi connectivity index (χ1) is 11.2. The van der Waals surface area contributed by atoms with E-state index in [0.717, 1.165) is 19.3 Å². The number of carbonyl (C=O) groups excluding carboxylic acids is 2. The van der Waals surface area contributed by atoms with E-state index in [1.807, 2.05) is 32.6 Å². The van der Waals surface area contributed by atoms with Crippen LogP contribution in [-0.4, -0.2) is 41.8 Å². The van der Waals surface area contributed by atoms with Crippen molar-refractivity contribution in [2.45, 2.75) is 72.4 Å². The second-order valence-electron chi connectivity index (χ2n) is 8.52. The molecule has 0 saturated heterocycles. The third kappa shape index (κ3) is 4.42. The topological polar surface area (TPSA) is 55.8 Å². The minimum atomic E-state index is -0.505. The van der Waals surface area contributed by atoms with E-state index in [-0.39, 0.29) is 29.9 Å². The number of hydrogen-bond acceptors (Lipinski definition) is 4. The highest BCUT2D eigenvalue weighted by atomic mass is 16.6. The van der Waals surface area contributed by atoms with Gasteiger partial charge < -0.3 is 14.4 Å². The molecular weight excluding hydrogens is 306 g/mol. The number of amides is 1. The Labute approximate surface area is 146 Å². The number of ether oxygens (including phenoxy) is 2. The molecular formula is C19H33NO4. The van der Waals surface area contributed by atoms with Gasteiger partial charge in [-0.2, -0.15) is 0 Å². The quantitative estimate of drug-likeness (QED) is 0.690. The molecule has 0 radical (unpaired) electrons. The normalized spacial score (nSPS) is 28.5. The summed E-state index contributed by atoms with van der Waals surface area (Å²) >= 11 is 0. The zero-order valence-electron chi connectivity index (χ0n) is 16.0. The Morgan fingerprint density at radius 1 is 1.21 bits per heavy atom. The van der Waals surface area contributed by atoms with E-state index >= 15 is 0 Å². The molecule has 2 aliphatic rings. The minimum absolute atomic E-state index is 0.0207. The molecule has 0 heterocycles. The van der Waals surface area contributed by atoms with Crippen molar-refractivity contribution in [3.63, 3.8) is 0 Å². The molecule has 0 unspecified atom stereocenters. The van der Waals surface area contributed by atoms with Crippen LogP contribution in [0.25, 0.3) is 0 Å². The molecule has 0 bridgehead atoms. The molecule has 4 atom stereocenters. The molecule has 0 aromatic carbocycles. The SMILES string of the molecule is CCOC(=O)[C@H]1[C@@H]2CC[C@@H](N(CCC(C)C)C(=O)OC(C)(C)C)[C@@H]21. The Kier molecular flexibility index (Phi) is 5.82. The Bertz CT molecular complexity index is 468. The number of hydrogen-bond donors (Lipinski definition) is 0. The second kappa shape index (κ2) is 7.32. The van der Waals surface area contributed by atoms with Crippen LogP contribution in [0.4, 0.5) is 4.79 Å². The molecule has 138 valence electrons. The summed E-state index contributed by atoms with van der Waals surface area (Å²) in [6.07, 6.45) is 2.66. The summed E-state index contributed by atoms with van der Waals surface area (Å²) in [4.78, 5) is 26.7. The summed E-state index contributed by atoms with van der Waals surface area (Å²) in [6, 6.07) is 0.109. The highest BCUT2D eigenvalue weighted by molar-refractivity contribution is 5.77. The first kappa shape index (κ1) is 19.1.